The van der Waals surface area contributed by atoms with Crippen molar-refractivity contribution in [3.05, 3.63) is 65.2 Å². The number of anilines is 1. The average molecular weight is 332 g/mol. The number of rotatable bonds is 1. The van der Waals surface area contributed by atoms with Gasteiger partial charge in [-0.25, -0.2) is 0 Å². The molecule has 124 valence electrons. The highest BCUT2D eigenvalue weighted by Crippen LogP contribution is 2.39. The van der Waals surface area contributed by atoms with Gasteiger partial charge in [0.15, 0.2) is 0 Å². The smallest absolute Gasteiger partial charge is 0.416 e. The van der Waals surface area contributed by atoms with Gasteiger partial charge in [0.25, 0.3) is 0 Å². The van der Waals surface area contributed by atoms with E-state index in [4.69, 9.17) is 4.74 Å². The Morgan fingerprint density at radius 1 is 1.08 bits per heavy atom. The van der Waals surface area contributed by atoms with Crippen LogP contribution in [0.15, 0.2) is 54.1 Å². The maximum absolute atomic E-state index is 12.7. The highest BCUT2D eigenvalue weighted by Gasteiger charge is 2.34. The van der Waals surface area contributed by atoms with Crippen LogP contribution in [0.3, 0.4) is 0 Å². The molecule has 24 heavy (non-hydrogen) atoms. The highest BCUT2D eigenvalue weighted by atomic mass is 19.4. The minimum atomic E-state index is -4.32. The van der Waals surface area contributed by atoms with Crippen LogP contribution in [0.1, 0.15) is 18.1 Å². The number of fused-ring (bicyclic) bond motifs is 2. The fourth-order valence-corrected chi connectivity index (χ4v) is 3.08. The molecule has 0 radical (unpaired) electrons. The van der Waals surface area contributed by atoms with Crippen molar-refractivity contribution in [2.45, 2.75) is 19.2 Å². The first-order valence-corrected chi connectivity index (χ1v) is 7.64. The van der Waals surface area contributed by atoms with E-state index in [2.05, 4.69) is 5.43 Å². The van der Waals surface area contributed by atoms with Gasteiger partial charge < -0.3 is 4.74 Å². The van der Waals surface area contributed by atoms with Gasteiger partial charge in [-0.3, -0.25) is 10.4 Å². The van der Waals surface area contributed by atoms with Gasteiger partial charge in [-0.1, -0.05) is 12.1 Å². The van der Waals surface area contributed by atoms with Crippen LogP contribution < -0.4 is 15.2 Å². The fourth-order valence-electron chi connectivity index (χ4n) is 3.08. The van der Waals surface area contributed by atoms with Crippen LogP contribution in [-0.2, 0) is 6.18 Å². The number of nitrogens with one attached hydrogen (secondary N) is 1. The molecule has 2 aliphatic rings. The van der Waals surface area contributed by atoms with Crippen molar-refractivity contribution in [2.75, 3.05) is 11.6 Å². The van der Waals surface area contributed by atoms with Gasteiger partial charge in [-0.2, -0.15) is 13.2 Å². The van der Waals surface area contributed by atoms with E-state index in [0.717, 1.165) is 34.7 Å². The molecule has 0 saturated carbocycles. The molecule has 3 nitrogen and oxygen atoms in total. The lowest BCUT2D eigenvalue weighted by Crippen LogP contribution is -2.31. The number of hydrogen-bond donors (Lipinski definition) is 1. The summed E-state index contributed by atoms with van der Waals surface area (Å²) >= 11 is 0. The van der Waals surface area contributed by atoms with Crippen molar-refractivity contribution < 1.29 is 17.9 Å². The van der Waals surface area contributed by atoms with Crippen LogP contribution in [0.5, 0.6) is 5.75 Å². The number of para-hydroxylation sites is 1. The zero-order valence-corrected chi connectivity index (χ0v) is 12.9. The summed E-state index contributed by atoms with van der Waals surface area (Å²) in [6.07, 6.45) is -4.41. The van der Waals surface area contributed by atoms with E-state index < -0.39 is 11.7 Å². The third-order valence-corrected chi connectivity index (χ3v) is 4.35. The second kappa shape index (κ2) is 5.19. The van der Waals surface area contributed by atoms with Gasteiger partial charge in [0.2, 0.25) is 0 Å². The molecule has 0 amide bonds. The molecule has 4 rings (SSSR count). The monoisotopic (exact) mass is 332 g/mol. The molecule has 2 aromatic carbocycles. The first-order valence-electron chi connectivity index (χ1n) is 7.64. The number of nitrogens with zero attached hydrogens (tertiary/aromatic N) is 1. The minimum Gasteiger partial charge on any atom is -0.486 e. The van der Waals surface area contributed by atoms with E-state index in [-0.39, 0.29) is 6.10 Å². The third-order valence-electron chi connectivity index (χ3n) is 4.35. The molecule has 2 aliphatic heterocycles. The molecule has 1 N–H and O–H groups in total. The number of halogens is 3. The zero-order chi connectivity index (χ0) is 16.9. The minimum absolute atomic E-state index is 0.0816. The van der Waals surface area contributed by atoms with Crippen molar-refractivity contribution in [1.82, 2.24) is 5.43 Å². The van der Waals surface area contributed by atoms with Gasteiger partial charge in [-0.05, 0) is 43.3 Å². The number of hydrazine groups is 1. The van der Waals surface area contributed by atoms with E-state index >= 15 is 0 Å². The largest absolute Gasteiger partial charge is 0.486 e. The lowest BCUT2D eigenvalue weighted by atomic mass is 10.00. The molecule has 1 unspecified atom stereocenters. The Bertz CT molecular complexity index is 812. The molecular weight excluding hydrogens is 317 g/mol. The Morgan fingerprint density at radius 2 is 1.79 bits per heavy atom. The van der Waals surface area contributed by atoms with Crippen molar-refractivity contribution in [1.29, 1.82) is 0 Å². The van der Waals surface area contributed by atoms with Gasteiger partial charge in [0, 0.05) is 11.1 Å². The molecule has 0 aromatic heterocycles. The number of ether oxygens (including phenoxy) is 1. The number of benzene rings is 2. The van der Waals surface area contributed by atoms with E-state index in [1.54, 1.807) is 0 Å². The highest BCUT2D eigenvalue weighted by molar-refractivity contribution is 5.79. The quantitative estimate of drug-likeness (QED) is 0.846. The van der Waals surface area contributed by atoms with Crippen LogP contribution in [-0.4, -0.2) is 12.6 Å². The Morgan fingerprint density at radius 3 is 2.50 bits per heavy atom. The van der Waals surface area contributed by atoms with Gasteiger partial charge in [0.05, 0.1) is 23.5 Å². The fraction of sp³-hybridized carbons (Fsp3) is 0.222. The average Bonchev–Trinajstić information content (AvgIpc) is 3.00. The normalized spacial score (nSPS) is 19.5. The summed E-state index contributed by atoms with van der Waals surface area (Å²) in [7, 11) is 0. The van der Waals surface area contributed by atoms with Gasteiger partial charge >= 0.3 is 6.18 Å². The third kappa shape index (κ3) is 2.38. The van der Waals surface area contributed by atoms with Crippen molar-refractivity contribution in [3.63, 3.8) is 0 Å². The second-order valence-electron chi connectivity index (χ2n) is 5.90. The molecule has 2 aromatic rings. The summed E-state index contributed by atoms with van der Waals surface area (Å²) in [5.41, 5.74) is 6.38. The molecule has 0 aliphatic carbocycles. The summed E-state index contributed by atoms with van der Waals surface area (Å²) in [5.74, 6) is 0.811. The van der Waals surface area contributed by atoms with Crippen LogP contribution in [0.2, 0.25) is 0 Å². The van der Waals surface area contributed by atoms with Gasteiger partial charge in [-0.15, -0.1) is 0 Å². The lowest BCUT2D eigenvalue weighted by Gasteiger charge is -2.24. The predicted molar refractivity (Wildman–Crippen MR) is 85.4 cm³/mol. The summed E-state index contributed by atoms with van der Waals surface area (Å²) < 4.78 is 44.0. The van der Waals surface area contributed by atoms with Crippen LogP contribution in [0.25, 0.3) is 5.70 Å². The Labute approximate surface area is 137 Å². The lowest BCUT2D eigenvalue weighted by molar-refractivity contribution is -0.137. The van der Waals surface area contributed by atoms with E-state index in [1.807, 2.05) is 36.2 Å². The number of hydrogen-bond acceptors (Lipinski definition) is 3. The second-order valence-corrected chi connectivity index (χ2v) is 5.90. The Kier molecular flexibility index (Phi) is 3.23. The maximum Gasteiger partial charge on any atom is 0.416 e. The first-order chi connectivity index (χ1) is 11.4. The topological polar surface area (TPSA) is 24.5 Å². The molecule has 0 bridgehead atoms. The SMILES string of the molecule is CC1Oc2ccccc2C2=C1CN(c1ccc(C(F)(F)F)cc1)N2. The standard InChI is InChI=1S/C18H15F3N2O/c1-11-15-10-23(13-8-6-12(7-9-13)18(19,20)21)22-17(15)14-4-2-3-5-16(14)24-11/h2-9,11,22H,10H2,1H3. The van der Waals surface area contributed by atoms with Gasteiger partial charge in [0.1, 0.15) is 11.9 Å². The molecule has 0 fully saturated rings. The molecule has 0 spiro atoms. The van der Waals surface area contributed by atoms with Crippen LogP contribution in [0.4, 0.5) is 18.9 Å². The number of alkyl halides is 3. The molecule has 6 heteroatoms. The summed E-state index contributed by atoms with van der Waals surface area (Å²) in [5, 5.41) is 1.84. The van der Waals surface area contributed by atoms with Crippen LogP contribution >= 0.6 is 0 Å². The molecule has 1 atom stereocenters. The first kappa shape index (κ1) is 14.9. The Balaban J connectivity index is 1.62. The zero-order valence-electron chi connectivity index (χ0n) is 12.9. The molecular formula is C18H15F3N2O. The summed E-state index contributed by atoms with van der Waals surface area (Å²) in [4.78, 5) is 0. The Hall–Kier alpha value is -2.63. The van der Waals surface area contributed by atoms with E-state index in [9.17, 15) is 13.2 Å². The van der Waals surface area contributed by atoms with Crippen molar-refractivity contribution in [3.8, 4) is 5.75 Å². The summed E-state index contributed by atoms with van der Waals surface area (Å²) in [6, 6.07) is 12.9. The van der Waals surface area contributed by atoms with E-state index in [0.29, 0.717) is 12.2 Å². The van der Waals surface area contributed by atoms with Crippen LogP contribution in [0, 0.1) is 0 Å². The van der Waals surface area contributed by atoms with Crippen molar-refractivity contribution in [2.24, 2.45) is 0 Å². The maximum atomic E-state index is 12.7. The molecule has 0 saturated heterocycles. The van der Waals surface area contributed by atoms with E-state index in [1.165, 1.54) is 12.1 Å². The summed E-state index contributed by atoms with van der Waals surface area (Å²) in [6.45, 7) is 2.54. The molecule has 2 heterocycles. The predicted octanol–water partition coefficient (Wildman–Crippen LogP) is 4.22. The van der Waals surface area contributed by atoms with Crippen molar-refractivity contribution >= 4 is 11.4 Å².